The van der Waals surface area contributed by atoms with E-state index in [4.69, 9.17) is 4.74 Å². The first-order valence-corrected chi connectivity index (χ1v) is 7.05. The Kier molecular flexibility index (Phi) is 5.52. The van der Waals surface area contributed by atoms with Gasteiger partial charge in [0.1, 0.15) is 6.61 Å². The molecule has 1 N–H and O–H groups in total. The summed E-state index contributed by atoms with van der Waals surface area (Å²) in [5.74, 6) is -0.421. The van der Waals surface area contributed by atoms with Crippen LogP contribution in [0.4, 0.5) is 5.69 Å². The minimum Gasteiger partial charge on any atom is -0.757 e. The van der Waals surface area contributed by atoms with Crippen LogP contribution in [-0.2, 0) is 9.53 Å². The quantitative estimate of drug-likeness (QED) is 0.280. The predicted octanol–water partition coefficient (Wildman–Crippen LogP) is 2.81. The molecule has 0 heterocycles. The molecule has 0 unspecified atom stereocenters. The Labute approximate surface area is 129 Å². The van der Waals surface area contributed by atoms with Crippen molar-refractivity contribution < 1.29 is 9.53 Å². The molecule has 22 heavy (non-hydrogen) atoms. The molecule has 0 saturated heterocycles. The van der Waals surface area contributed by atoms with Crippen LogP contribution in [0.25, 0.3) is 10.8 Å². The zero-order chi connectivity index (χ0) is 15.9. The number of ether oxygens (including phenoxy) is 1. The van der Waals surface area contributed by atoms with E-state index in [0.29, 0.717) is 17.8 Å². The third-order valence-electron chi connectivity index (χ3n) is 3.15. The number of carbonyl (C=O) groups excluding carboxylic acids is 1. The monoisotopic (exact) mass is 299 g/mol. The second-order valence-corrected chi connectivity index (χ2v) is 4.95. The molecule has 5 nitrogen and oxygen atoms in total. The average molecular weight is 299 g/mol. The maximum absolute atomic E-state index is 12.2. The average Bonchev–Trinajstić information content (AvgIpc) is 2.53. The van der Waals surface area contributed by atoms with Crippen molar-refractivity contribution in [3.8, 4) is 0 Å². The highest BCUT2D eigenvalue weighted by molar-refractivity contribution is 5.94. The predicted molar refractivity (Wildman–Crippen MR) is 88.4 cm³/mol. The summed E-state index contributed by atoms with van der Waals surface area (Å²) in [6.07, 6.45) is 0. The number of nitrogens with zero attached hydrogens (tertiary/aromatic N) is 1. The zero-order valence-electron chi connectivity index (χ0n) is 12.5. The number of rotatable bonds is 7. The van der Waals surface area contributed by atoms with Gasteiger partial charge in [0.15, 0.2) is 0 Å². The van der Waals surface area contributed by atoms with Crippen molar-refractivity contribution in [3.05, 3.63) is 59.8 Å². The number of hydrogen-bond acceptors (Lipinski definition) is 5. The first-order valence-electron chi connectivity index (χ1n) is 7.05. The molecule has 0 saturated carbocycles. The molecule has 0 fully saturated rings. The summed E-state index contributed by atoms with van der Waals surface area (Å²) in [5, 5.41) is 18.0. The molecule has 2 aromatic rings. The zero-order valence-corrected chi connectivity index (χ0v) is 12.5. The van der Waals surface area contributed by atoms with Crippen molar-refractivity contribution in [1.29, 1.82) is 0 Å². The molecule has 0 radical (unpaired) electrons. The third-order valence-corrected chi connectivity index (χ3v) is 3.15. The van der Waals surface area contributed by atoms with Crippen LogP contribution in [0.3, 0.4) is 0 Å². The third kappa shape index (κ3) is 4.07. The van der Waals surface area contributed by atoms with Crippen molar-refractivity contribution in [1.82, 2.24) is 5.32 Å². The van der Waals surface area contributed by atoms with Gasteiger partial charge in [-0.3, -0.25) is 5.32 Å². The van der Waals surface area contributed by atoms with E-state index in [-0.39, 0.29) is 13.3 Å². The Morgan fingerprint density at radius 1 is 1.27 bits per heavy atom. The fourth-order valence-corrected chi connectivity index (χ4v) is 2.03. The number of benzene rings is 2. The molecule has 116 valence electrons. The van der Waals surface area contributed by atoms with Gasteiger partial charge in [-0.05, 0) is 18.4 Å². The van der Waals surface area contributed by atoms with Gasteiger partial charge in [0.2, 0.25) is 0 Å². The highest BCUT2D eigenvalue weighted by Crippen LogP contribution is 2.25. The van der Waals surface area contributed by atoms with E-state index >= 15 is 0 Å². The van der Waals surface area contributed by atoms with E-state index in [9.17, 15) is 10.0 Å². The van der Waals surface area contributed by atoms with E-state index in [1.165, 1.54) is 0 Å². The van der Waals surface area contributed by atoms with Crippen molar-refractivity contribution in [3.63, 3.8) is 0 Å². The number of hydrogen-bond donors (Lipinski definition) is 1. The van der Waals surface area contributed by atoms with Crippen LogP contribution < -0.4 is 10.4 Å². The van der Waals surface area contributed by atoms with Gasteiger partial charge in [-0.15, -0.1) is 0 Å². The molecular formula is C17H19N2O3-. The molecule has 0 aliphatic rings. The minimum absolute atomic E-state index is 0.124. The molecule has 2 aromatic carbocycles. The summed E-state index contributed by atoms with van der Waals surface area (Å²) in [6.45, 7) is 5.82. The Hall–Kier alpha value is -2.37. The second-order valence-electron chi connectivity index (χ2n) is 4.95. The maximum Gasteiger partial charge on any atom is 0.333 e. The summed E-state index contributed by atoms with van der Waals surface area (Å²) in [7, 11) is 0. The van der Waals surface area contributed by atoms with Crippen LogP contribution in [-0.4, -0.2) is 25.8 Å². The maximum atomic E-state index is 12.2. The lowest BCUT2D eigenvalue weighted by molar-refractivity contribution is -0.138. The molecule has 0 atom stereocenters. The summed E-state index contributed by atoms with van der Waals surface area (Å²) in [4.78, 5) is 11.2. The largest absolute Gasteiger partial charge is 0.757 e. The van der Waals surface area contributed by atoms with Crippen LogP contribution in [0.1, 0.15) is 6.92 Å². The molecule has 0 aliphatic heterocycles. The van der Waals surface area contributed by atoms with Crippen molar-refractivity contribution >= 4 is 22.4 Å². The van der Waals surface area contributed by atoms with E-state index in [1.54, 1.807) is 13.0 Å². The summed E-state index contributed by atoms with van der Waals surface area (Å²) >= 11 is 0. The van der Waals surface area contributed by atoms with Gasteiger partial charge in [-0.2, -0.15) is 0 Å². The Balaban J connectivity index is 1.85. The normalized spacial score (nSPS) is 10.5. The van der Waals surface area contributed by atoms with Crippen LogP contribution in [0.2, 0.25) is 0 Å². The van der Waals surface area contributed by atoms with Gasteiger partial charge in [0, 0.05) is 23.2 Å². The highest BCUT2D eigenvalue weighted by atomic mass is 16.5. The molecule has 0 aliphatic carbocycles. The standard InChI is InChI=1S/C17H19N2O3/c1-13(2)17(20)22-11-10-18-12-19(21)16-9-5-7-14-6-3-4-8-15(14)16/h3-9,18H,1,10-12H2,2H3/q-1. The van der Waals surface area contributed by atoms with E-state index in [1.807, 2.05) is 36.4 Å². The van der Waals surface area contributed by atoms with Crippen LogP contribution in [0.5, 0.6) is 0 Å². The van der Waals surface area contributed by atoms with Gasteiger partial charge < -0.3 is 15.0 Å². The number of nitrogens with one attached hydrogen (secondary N) is 1. The van der Waals surface area contributed by atoms with E-state index < -0.39 is 5.97 Å². The van der Waals surface area contributed by atoms with Crippen molar-refractivity contribution in [2.24, 2.45) is 0 Å². The van der Waals surface area contributed by atoms with Gasteiger partial charge >= 0.3 is 5.97 Å². The van der Waals surface area contributed by atoms with Gasteiger partial charge in [-0.25, -0.2) is 4.79 Å². The first kappa shape index (κ1) is 16.0. The molecule has 0 spiro atoms. The van der Waals surface area contributed by atoms with Crippen molar-refractivity contribution in [2.75, 3.05) is 24.9 Å². The van der Waals surface area contributed by atoms with Gasteiger partial charge in [0.25, 0.3) is 0 Å². The molecular weight excluding hydrogens is 280 g/mol. The first-order chi connectivity index (χ1) is 10.6. The lowest BCUT2D eigenvalue weighted by Gasteiger charge is -2.32. The lowest BCUT2D eigenvalue weighted by Crippen LogP contribution is -2.32. The number of esters is 1. The Morgan fingerprint density at radius 3 is 2.77 bits per heavy atom. The fourth-order valence-electron chi connectivity index (χ4n) is 2.03. The second kappa shape index (κ2) is 7.59. The lowest BCUT2D eigenvalue weighted by atomic mass is 10.1. The Morgan fingerprint density at radius 2 is 2.00 bits per heavy atom. The van der Waals surface area contributed by atoms with Gasteiger partial charge in [0.05, 0.1) is 6.67 Å². The van der Waals surface area contributed by atoms with Crippen LogP contribution >= 0.6 is 0 Å². The fraction of sp³-hybridized carbons (Fsp3) is 0.235. The molecule has 0 amide bonds. The van der Waals surface area contributed by atoms with Crippen LogP contribution in [0, 0.1) is 5.21 Å². The molecule has 2 rings (SSSR count). The van der Waals surface area contributed by atoms with Crippen molar-refractivity contribution in [2.45, 2.75) is 6.92 Å². The Bertz CT molecular complexity index is 665. The van der Waals surface area contributed by atoms with E-state index in [2.05, 4.69) is 11.9 Å². The summed E-state index contributed by atoms with van der Waals surface area (Å²) in [6, 6.07) is 13.4. The number of fused-ring (bicyclic) bond motifs is 1. The number of hydroxylamine groups is 1. The topological polar surface area (TPSA) is 64.6 Å². The highest BCUT2D eigenvalue weighted by Gasteiger charge is 2.03. The summed E-state index contributed by atoms with van der Waals surface area (Å²) < 4.78 is 4.94. The van der Waals surface area contributed by atoms with Crippen LogP contribution in [0.15, 0.2) is 54.6 Å². The SMILES string of the molecule is C=C(C)C(=O)OCCNCN([O-])c1cccc2ccccc12. The minimum atomic E-state index is -0.421. The molecule has 5 heteroatoms. The van der Waals surface area contributed by atoms with E-state index in [0.717, 1.165) is 15.8 Å². The number of carbonyl (C=O) groups is 1. The smallest absolute Gasteiger partial charge is 0.333 e. The number of anilines is 1. The van der Waals surface area contributed by atoms with Gasteiger partial charge in [-0.1, -0.05) is 43.0 Å². The summed E-state index contributed by atoms with van der Waals surface area (Å²) in [5.41, 5.74) is 0.978. The molecule has 0 bridgehead atoms. The molecule has 0 aromatic heterocycles.